The number of methoxy groups -OCH3 is 1. The first-order valence-electron chi connectivity index (χ1n) is 8.62. The second-order valence-electron chi connectivity index (χ2n) is 5.89. The quantitative estimate of drug-likeness (QED) is 0.586. The second kappa shape index (κ2) is 8.49. The fourth-order valence-electron chi connectivity index (χ4n) is 3.05. The number of nitrogens with one attached hydrogen (secondary N) is 2. The minimum absolute atomic E-state index is 0.122. The van der Waals surface area contributed by atoms with Crippen LogP contribution in [-0.4, -0.2) is 30.7 Å². The van der Waals surface area contributed by atoms with E-state index < -0.39 is 0 Å². The summed E-state index contributed by atoms with van der Waals surface area (Å²) in [4.78, 5) is 26.0. The summed E-state index contributed by atoms with van der Waals surface area (Å²) in [5.41, 5.74) is 1.94. The SMILES string of the molecule is CCOC(=O)c1c(NC(=S)NC(=O)c2ccccc2OC)sc2c1CCC2. The largest absolute Gasteiger partial charge is 0.496 e. The second-order valence-corrected chi connectivity index (χ2v) is 7.40. The first kappa shape index (κ1) is 19.3. The molecule has 1 amide bonds. The molecule has 1 aliphatic rings. The van der Waals surface area contributed by atoms with Gasteiger partial charge < -0.3 is 14.8 Å². The number of carbonyl (C=O) groups is 2. The average molecular weight is 405 g/mol. The van der Waals surface area contributed by atoms with Crippen LogP contribution in [0.3, 0.4) is 0 Å². The van der Waals surface area contributed by atoms with Crippen LogP contribution in [0.25, 0.3) is 0 Å². The van der Waals surface area contributed by atoms with E-state index in [0.29, 0.717) is 28.5 Å². The zero-order chi connectivity index (χ0) is 19.4. The lowest BCUT2D eigenvalue weighted by Gasteiger charge is -2.12. The van der Waals surface area contributed by atoms with Gasteiger partial charge in [0.2, 0.25) is 0 Å². The first-order valence-corrected chi connectivity index (χ1v) is 9.84. The molecule has 0 spiro atoms. The molecule has 8 heteroatoms. The zero-order valence-corrected chi connectivity index (χ0v) is 16.7. The maximum absolute atomic E-state index is 12.5. The smallest absolute Gasteiger partial charge is 0.341 e. The van der Waals surface area contributed by atoms with Crippen LogP contribution in [0.15, 0.2) is 24.3 Å². The van der Waals surface area contributed by atoms with Gasteiger partial charge >= 0.3 is 5.97 Å². The molecule has 0 atom stereocenters. The van der Waals surface area contributed by atoms with E-state index in [1.807, 2.05) is 0 Å². The Morgan fingerprint density at radius 2 is 2.04 bits per heavy atom. The molecule has 1 heterocycles. The summed E-state index contributed by atoms with van der Waals surface area (Å²) in [6.45, 7) is 2.08. The van der Waals surface area contributed by atoms with Crippen molar-refractivity contribution in [1.29, 1.82) is 0 Å². The highest BCUT2D eigenvalue weighted by Crippen LogP contribution is 2.39. The van der Waals surface area contributed by atoms with Crippen LogP contribution >= 0.6 is 23.6 Å². The number of fused-ring (bicyclic) bond motifs is 1. The Labute approximate surface area is 166 Å². The number of hydrogen-bond acceptors (Lipinski definition) is 6. The molecule has 2 aromatic rings. The number of hydrogen-bond donors (Lipinski definition) is 2. The molecule has 1 aliphatic carbocycles. The molecule has 0 saturated carbocycles. The highest BCUT2D eigenvalue weighted by Gasteiger charge is 2.28. The maximum Gasteiger partial charge on any atom is 0.341 e. The Kier molecular flexibility index (Phi) is 6.08. The topological polar surface area (TPSA) is 76.7 Å². The Bertz CT molecular complexity index is 892. The van der Waals surface area contributed by atoms with Gasteiger partial charge in [-0.15, -0.1) is 11.3 Å². The third kappa shape index (κ3) is 4.12. The summed E-state index contributed by atoms with van der Waals surface area (Å²) >= 11 is 6.77. The number of anilines is 1. The van der Waals surface area contributed by atoms with Gasteiger partial charge in [-0.3, -0.25) is 10.1 Å². The molecule has 0 bridgehead atoms. The van der Waals surface area contributed by atoms with Gasteiger partial charge in [0.15, 0.2) is 5.11 Å². The number of aryl methyl sites for hydroxylation is 1. The number of amides is 1. The van der Waals surface area contributed by atoms with Crippen molar-refractivity contribution >= 4 is 45.5 Å². The van der Waals surface area contributed by atoms with Crippen LogP contribution in [0.5, 0.6) is 5.75 Å². The Hall–Kier alpha value is -2.45. The van der Waals surface area contributed by atoms with E-state index in [4.69, 9.17) is 21.7 Å². The van der Waals surface area contributed by atoms with Gasteiger partial charge in [-0.2, -0.15) is 0 Å². The summed E-state index contributed by atoms with van der Waals surface area (Å²) in [5.74, 6) is -0.287. The fraction of sp³-hybridized carbons (Fsp3) is 0.316. The van der Waals surface area contributed by atoms with Crippen molar-refractivity contribution < 1.29 is 19.1 Å². The van der Waals surface area contributed by atoms with Crippen molar-refractivity contribution in [2.24, 2.45) is 0 Å². The molecule has 0 fully saturated rings. The number of thiophene rings is 1. The third-order valence-corrected chi connectivity index (χ3v) is 5.62. The van der Waals surface area contributed by atoms with Gasteiger partial charge in [-0.25, -0.2) is 4.79 Å². The van der Waals surface area contributed by atoms with Gasteiger partial charge in [0.1, 0.15) is 10.8 Å². The minimum Gasteiger partial charge on any atom is -0.496 e. The molecule has 1 aromatic carbocycles. The minimum atomic E-state index is -0.383. The normalized spacial score (nSPS) is 12.2. The third-order valence-electron chi connectivity index (χ3n) is 4.21. The number of para-hydroxylation sites is 1. The molecular weight excluding hydrogens is 384 g/mol. The summed E-state index contributed by atoms with van der Waals surface area (Å²) in [6.07, 6.45) is 2.82. The standard InChI is InChI=1S/C19H20N2O4S2/c1-3-25-18(23)15-12-8-6-10-14(12)27-17(15)21-19(26)20-16(22)11-7-4-5-9-13(11)24-2/h4-5,7,9H,3,6,8,10H2,1-2H3,(H2,20,21,22,26). The lowest BCUT2D eigenvalue weighted by molar-refractivity contribution is 0.0527. The van der Waals surface area contributed by atoms with Gasteiger partial charge in [0.25, 0.3) is 5.91 Å². The predicted octanol–water partition coefficient (Wildman–Crippen LogP) is 3.55. The van der Waals surface area contributed by atoms with Crippen molar-refractivity contribution in [3.8, 4) is 5.75 Å². The molecule has 3 rings (SSSR count). The lowest BCUT2D eigenvalue weighted by Crippen LogP contribution is -2.34. The summed E-state index contributed by atoms with van der Waals surface area (Å²) in [5, 5.41) is 6.37. The molecule has 0 unspecified atom stereocenters. The van der Waals surface area contributed by atoms with Gasteiger partial charge in [-0.1, -0.05) is 12.1 Å². The van der Waals surface area contributed by atoms with Crippen molar-refractivity contribution in [3.05, 3.63) is 45.8 Å². The number of benzene rings is 1. The monoisotopic (exact) mass is 404 g/mol. The van der Waals surface area contributed by atoms with Crippen LogP contribution in [0, 0.1) is 0 Å². The molecule has 0 radical (unpaired) electrons. The summed E-state index contributed by atoms with van der Waals surface area (Å²) < 4.78 is 10.4. The van der Waals surface area contributed by atoms with Crippen molar-refractivity contribution in [2.45, 2.75) is 26.2 Å². The predicted molar refractivity (Wildman–Crippen MR) is 109 cm³/mol. The van der Waals surface area contributed by atoms with Crippen LogP contribution in [0.1, 0.15) is 44.5 Å². The molecule has 142 valence electrons. The Morgan fingerprint density at radius 1 is 1.26 bits per heavy atom. The van der Waals surface area contributed by atoms with Crippen LogP contribution in [0.4, 0.5) is 5.00 Å². The summed E-state index contributed by atoms with van der Waals surface area (Å²) in [7, 11) is 1.50. The maximum atomic E-state index is 12.5. The van der Waals surface area contributed by atoms with Gasteiger partial charge in [-0.05, 0) is 56.1 Å². The lowest BCUT2D eigenvalue weighted by atomic mass is 10.1. The van der Waals surface area contributed by atoms with Crippen LogP contribution in [-0.2, 0) is 17.6 Å². The van der Waals surface area contributed by atoms with E-state index in [0.717, 1.165) is 24.8 Å². The van der Waals surface area contributed by atoms with Gasteiger partial charge in [0, 0.05) is 4.88 Å². The number of carbonyl (C=O) groups excluding carboxylic acids is 2. The average Bonchev–Trinajstić information content (AvgIpc) is 3.22. The molecular formula is C19H20N2O4S2. The van der Waals surface area contributed by atoms with Crippen LogP contribution < -0.4 is 15.4 Å². The van der Waals surface area contributed by atoms with Crippen molar-refractivity contribution in [1.82, 2.24) is 5.32 Å². The highest BCUT2D eigenvalue weighted by molar-refractivity contribution is 7.80. The van der Waals surface area contributed by atoms with E-state index in [1.54, 1.807) is 31.2 Å². The zero-order valence-electron chi connectivity index (χ0n) is 15.1. The van der Waals surface area contributed by atoms with Crippen LogP contribution in [0.2, 0.25) is 0 Å². The number of rotatable bonds is 5. The molecule has 0 saturated heterocycles. The van der Waals surface area contributed by atoms with E-state index >= 15 is 0 Å². The molecule has 0 aliphatic heterocycles. The molecule has 2 N–H and O–H groups in total. The fourth-order valence-corrected chi connectivity index (χ4v) is 4.59. The Balaban J connectivity index is 1.76. The number of ether oxygens (including phenoxy) is 2. The molecule has 1 aromatic heterocycles. The summed E-state index contributed by atoms with van der Waals surface area (Å²) in [6, 6.07) is 6.89. The Morgan fingerprint density at radius 3 is 2.78 bits per heavy atom. The van der Waals surface area contributed by atoms with E-state index in [9.17, 15) is 9.59 Å². The number of esters is 1. The highest BCUT2D eigenvalue weighted by atomic mass is 32.1. The van der Waals surface area contributed by atoms with E-state index in [2.05, 4.69) is 10.6 Å². The van der Waals surface area contributed by atoms with Gasteiger partial charge in [0.05, 0.1) is 24.8 Å². The van der Waals surface area contributed by atoms with Crippen molar-refractivity contribution in [2.75, 3.05) is 19.0 Å². The first-order chi connectivity index (χ1) is 13.0. The number of thiocarbonyl (C=S) groups is 1. The molecule has 27 heavy (non-hydrogen) atoms. The van der Waals surface area contributed by atoms with E-state index in [-0.39, 0.29) is 17.0 Å². The molecule has 6 nitrogen and oxygen atoms in total. The van der Waals surface area contributed by atoms with E-state index in [1.165, 1.54) is 23.3 Å². The van der Waals surface area contributed by atoms with Crippen molar-refractivity contribution in [3.63, 3.8) is 0 Å².